The molecule has 2 aromatic rings. The average Bonchev–Trinajstić information content (AvgIpc) is 2.83. The van der Waals surface area contributed by atoms with Crippen molar-refractivity contribution < 1.29 is 19.2 Å². The minimum absolute atomic E-state index is 0.0494. The highest BCUT2D eigenvalue weighted by atomic mass is 16.5. The number of amides is 1. The molecule has 1 aromatic heterocycles. The second-order valence-electron chi connectivity index (χ2n) is 4.65. The molecule has 1 aliphatic heterocycles. The van der Waals surface area contributed by atoms with Gasteiger partial charge < -0.3 is 19.3 Å². The molecule has 0 aliphatic carbocycles. The van der Waals surface area contributed by atoms with Crippen molar-refractivity contribution in [2.45, 2.75) is 13.5 Å². The van der Waals surface area contributed by atoms with E-state index in [1.165, 1.54) is 0 Å². The number of aliphatic hydroxyl groups excluding tert-OH is 1. The molecule has 1 amide bonds. The molecule has 0 bridgehead atoms. The molecule has 1 aromatic carbocycles. The summed E-state index contributed by atoms with van der Waals surface area (Å²) in [5.74, 6) is 1.14. The Hall–Kier alpha value is -2.34. The number of aliphatic hydroxyl groups is 1. The Morgan fingerprint density at radius 3 is 3.00 bits per heavy atom. The molecule has 1 N–H and O–H groups in total. The molecule has 0 saturated carbocycles. The van der Waals surface area contributed by atoms with Crippen molar-refractivity contribution in [3.05, 3.63) is 29.5 Å². The summed E-state index contributed by atoms with van der Waals surface area (Å²) in [7, 11) is 1.70. The van der Waals surface area contributed by atoms with Gasteiger partial charge in [-0.2, -0.15) is 0 Å². The zero-order chi connectivity index (χ0) is 14.3. The molecule has 0 spiro atoms. The average molecular weight is 274 g/mol. The lowest BCUT2D eigenvalue weighted by Gasteiger charge is -2.26. The number of rotatable bonds is 2. The van der Waals surface area contributed by atoms with Crippen LogP contribution in [0.2, 0.25) is 0 Å². The maximum atomic E-state index is 11.7. The number of ether oxygens (including phenoxy) is 1. The number of anilines is 1. The third-order valence-corrected chi connectivity index (χ3v) is 3.46. The van der Waals surface area contributed by atoms with Crippen LogP contribution in [0.25, 0.3) is 11.3 Å². The first-order valence-corrected chi connectivity index (χ1v) is 6.21. The topological polar surface area (TPSA) is 75.8 Å². The van der Waals surface area contributed by atoms with Crippen LogP contribution in [0.3, 0.4) is 0 Å². The Morgan fingerprint density at radius 2 is 2.25 bits per heavy atom. The van der Waals surface area contributed by atoms with Gasteiger partial charge in [-0.3, -0.25) is 4.79 Å². The lowest BCUT2D eigenvalue weighted by Crippen LogP contribution is -2.35. The van der Waals surface area contributed by atoms with E-state index in [0.717, 1.165) is 5.56 Å². The monoisotopic (exact) mass is 274 g/mol. The quantitative estimate of drug-likeness (QED) is 0.898. The number of likely N-dealkylation sites (N-methyl/N-ethyl adjacent to an activating group) is 1. The highest BCUT2D eigenvalue weighted by Gasteiger charge is 2.23. The maximum Gasteiger partial charge on any atom is 0.264 e. The van der Waals surface area contributed by atoms with Crippen LogP contribution in [0.5, 0.6) is 5.75 Å². The molecule has 2 heterocycles. The number of hydrogen-bond donors (Lipinski definition) is 1. The summed E-state index contributed by atoms with van der Waals surface area (Å²) in [5, 5.41) is 13.4. The van der Waals surface area contributed by atoms with Gasteiger partial charge in [0.2, 0.25) is 0 Å². The highest BCUT2D eigenvalue weighted by molar-refractivity contribution is 5.98. The molecule has 0 saturated heterocycles. The van der Waals surface area contributed by atoms with Crippen molar-refractivity contribution in [2.24, 2.45) is 0 Å². The maximum absolute atomic E-state index is 11.7. The van der Waals surface area contributed by atoms with E-state index in [1.54, 1.807) is 24.9 Å². The molecule has 1 aliphatic rings. The van der Waals surface area contributed by atoms with E-state index in [2.05, 4.69) is 5.16 Å². The number of benzene rings is 1. The lowest BCUT2D eigenvalue weighted by molar-refractivity contribution is -0.120. The standard InChI is InChI=1S/C14H14N2O4/c1-8-10(6-17)14(15-20-8)9-3-4-12-11(5-9)16(2)13(18)7-19-12/h3-5,17H,6-7H2,1-2H3. The number of nitrogens with zero attached hydrogens (tertiary/aromatic N) is 2. The zero-order valence-corrected chi connectivity index (χ0v) is 11.2. The SMILES string of the molecule is Cc1onc(-c2ccc3c(c2)N(C)C(=O)CO3)c1CO. The fraction of sp³-hybridized carbons (Fsp3) is 0.286. The van der Waals surface area contributed by atoms with Crippen molar-refractivity contribution >= 4 is 11.6 Å². The smallest absolute Gasteiger partial charge is 0.264 e. The minimum Gasteiger partial charge on any atom is -0.482 e. The first kappa shape index (κ1) is 12.7. The van der Waals surface area contributed by atoms with Gasteiger partial charge in [0, 0.05) is 18.2 Å². The van der Waals surface area contributed by atoms with Crippen LogP contribution in [0, 0.1) is 6.92 Å². The predicted octanol–water partition coefficient (Wildman–Crippen LogP) is 1.50. The molecular formula is C14H14N2O4. The normalized spacial score (nSPS) is 14.2. The summed E-state index contributed by atoms with van der Waals surface area (Å²) >= 11 is 0. The highest BCUT2D eigenvalue weighted by Crippen LogP contribution is 2.36. The van der Waals surface area contributed by atoms with Gasteiger partial charge >= 0.3 is 0 Å². The van der Waals surface area contributed by atoms with Gasteiger partial charge in [-0.15, -0.1) is 0 Å². The Morgan fingerprint density at radius 1 is 1.45 bits per heavy atom. The van der Waals surface area contributed by atoms with Gasteiger partial charge in [-0.25, -0.2) is 0 Å². The summed E-state index contributed by atoms with van der Waals surface area (Å²) in [5.41, 5.74) is 2.69. The van der Waals surface area contributed by atoms with Gasteiger partial charge in [0.05, 0.1) is 12.3 Å². The first-order valence-electron chi connectivity index (χ1n) is 6.21. The second kappa shape index (κ2) is 4.64. The van der Waals surface area contributed by atoms with E-state index in [0.29, 0.717) is 28.5 Å². The van der Waals surface area contributed by atoms with Gasteiger partial charge in [0.1, 0.15) is 17.2 Å². The summed E-state index contributed by atoms with van der Waals surface area (Å²) < 4.78 is 10.5. The van der Waals surface area contributed by atoms with E-state index in [4.69, 9.17) is 9.26 Å². The number of aryl methyl sites for hydroxylation is 1. The van der Waals surface area contributed by atoms with Crippen molar-refractivity contribution in [3.8, 4) is 17.0 Å². The van der Waals surface area contributed by atoms with Crippen molar-refractivity contribution in [3.63, 3.8) is 0 Å². The molecule has 0 unspecified atom stereocenters. The Kier molecular flexibility index (Phi) is 2.94. The van der Waals surface area contributed by atoms with E-state index < -0.39 is 0 Å². The van der Waals surface area contributed by atoms with Crippen molar-refractivity contribution in [1.82, 2.24) is 5.16 Å². The molecule has 0 atom stereocenters. The van der Waals surface area contributed by atoms with E-state index in [-0.39, 0.29) is 19.1 Å². The van der Waals surface area contributed by atoms with Crippen molar-refractivity contribution in [1.29, 1.82) is 0 Å². The molecule has 20 heavy (non-hydrogen) atoms. The van der Waals surface area contributed by atoms with E-state index in [9.17, 15) is 9.90 Å². The third kappa shape index (κ3) is 1.85. The van der Waals surface area contributed by atoms with Crippen LogP contribution >= 0.6 is 0 Å². The van der Waals surface area contributed by atoms with Crippen molar-refractivity contribution in [2.75, 3.05) is 18.6 Å². The Balaban J connectivity index is 2.10. The molecule has 0 fully saturated rings. The Bertz CT molecular complexity index is 678. The number of hydrogen-bond acceptors (Lipinski definition) is 5. The third-order valence-electron chi connectivity index (χ3n) is 3.46. The van der Waals surface area contributed by atoms with Gasteiger partial charge in [-0.1, -0.05) is 5.16 Å². The molecule has 104 valence electrons. The number of fused-ring (bicyclic) bond motifs is 1. The fourth-order valence-corrected chi connectivity index (χ4v) is 2.22. The van der Waals surface area contributed by atoms with E-state index >= 15 is 0 Å². The predicted molar refractivity (Wildman–Crippen MR) is 71.5 cm³/mol. The van der Waals surface area contributed by atoms with Crippen LogP contribution in [0.1, 0.15) is 11.3 Å². The summed E-state index contributed by atoms with van der Waals surface area (Å²) in [4.78, 5) is 13.2. The van der Waals surface area contributed by atoms with Crippen LogP contribution in [0.15, 0.2) is 22.7 Å². The summed E-state index contributed by atoms with van der Waals surface area (Å²) in [6.45, 7) is 1.65. The summed E-state index contributed by atoms with van der Waals surface area (Å²) in [6, 6.07) is 5.43. The molecule has 3 rings (SSSR count). The largest absolute Gasteiger partial charge is 0.482 e. The minimum atomic E-state index is -0.146. The lowest BCUT2D eigenvalue weighted by atomic mass is 10.0. The Labute approximate surface area is 115 Å². The van der Waals surface area contributed by atoms with Crippen LogP contribution < -0.4 is 9.64 Å². The summed E-state index contributed by atoms with van der Waals surface area (Å²) in [6.07, 6.45) is 0. The first-order chi connectivity index (χ1) is 9.61. The van der Waals surface area contributed by atoms with E-state index in [1.807, 2.05) is 12.1 Å². The fourth-order valence-electron chi connectivity index (χ4n) is 2.22. The molecule has 6 heteroatoms. The van der Waals surface area contributed by atoms with Crippen LogP contribution in [0.4, 0.5) is 5.69 Å². The van der Waals surface area contributed by atoms with Gasteiger partial charge in [0.15, 0.2) is 6.61 Å². The number of carbonyl (C=O) groups is 1. The number of carbonyl (C=O) groups excluding carboxylic acids is 1. The second-order valence-corrected chi connectivity index (χ2v) is 4.65. The molecular weight excluding hydrogens is 260 g/mol. The van der Waals surface area contributed by atoms with Gasteiger partial charge in [0.25, 0.3) is 5.91 Å². The van der Waals surface area contributed by atoms with Crippen LogP contribution in [-0.2, 0) is 11.4 Å². The molecule has 0 radical (unpaired) electrons. The van der Waals surface area contributed by atoms with Gasteiger partial charge in [-0.05, 0) is 25.1 Å². The molecule has 6 nitrogen and oxygen atoms in total. The number of aromatic nitrogens is 1. The zero-order valence-electron chi connectivity index (χ0n) is 11.2. The van der Waals surface area contributed by atoms with Crippen LogP contribution in [-0.4, -0.2) is 29.8 Å².